The number of methoxy groups -OCH3 is 2. The van der Waals surface area contributed by atoms with E-state index in [0.29, 0.717) is 40.6 Å². The SMILES string of the molecule is COc1cc(OC)cc(C(=O)N[C@@H]2C(Cn3cnc4c(N)ncnc43)OC(CNC(=O)CC3CCCCC3)[C@@H]2O)c1. The molecule has 1 saturated heterocycles. The predicted molar refractivity (Wildman–Crippen MR) is 149 cm³/mol. The second-order valence-corrected chi connectivity index (χ2v) is 10.6. The van der Waals surface area contributed by atoms with Gasteiger partial charge in [0, 0.05) is 24.6 Å². The van der Waals surface area contributed by atoms with E-state index in [0.717, 1.165) is 25.7 Å². The first kappa shape index (κ1) is 28.6. The number of imidazole rings is 1. The monoisotopic (exact) mass is 567 g/mol. The maximum absolute atomic E-state index is 13.4. The highest BCUT2D eigenvalue weighted by Crippen LogP contribution is 2.28. The Kier molecular flexibility index (Phi) is 8.84. The molecule has 1 aromatic carbocycles. The van der Waals surface area contributed by atoms with Gasteiger partial charge < -0.3 is 40.3 Å². The van der Waals surface area contributed by atoms with E-state index in [1.807, 2.05) is 0 Å². The molecule has 3 aromatic rings. The summed E-state index contributed by atoms with van der Waals surface area (Å²) in [4.78, 5) is 38.6. The number of hydrogen-bond acceptors (Lipinski definition) is 10. The zero-order valence-electron chi connectivity index (χ0n) is 23.3. The Bertz CT molecular complexity index is 1350. The number of anilines is 1. The number of carbonyl (C=O) groups is 2. The average molecular weight is 568 g/mol. The van der Waals surface area contributed by atoms with E-state index < -0.39 is 30.3 Å². The predicted octanol–water partition coefficient (Wildman–Crippen LogP) is 1.44. The number of nitrogens with one attached hydrogen (secondary N) is 2. The van der Waals surface area contributed by atoms with Crippen LogP contribution >= 0.6 is 0 Å². The highest BCUT2D eigenvalue weighted by molar-refractivity contribution is 5.95. The maximum Gasteiger partial charge on any atom is 0.251 e. The van der Waals surface area contributed by atoms with Crippen LogP contribution in [0.2, 0.25) is 0 Å². The third-order valence-electron chi connectivity index (χ3n) is 7.92. The molecule has 0 radical (unpaired) electrons. The molecular formula is C28H37N7O6. The van der Waals surface area contributed by atoms with Crippen LogP contribution in [0.15, 0.2) is 30.9 Å². The standard InChI is InChI=1S/C28H37N7O6/c1-39-18-9-17(10-19(11-18)40-2)28(38)34-23-21(13-35-15-33-24-26(29)31-14-32-27(24)35)41-20(25(23)37)12-30-22(36)8-16-6-4-3-5-7-16/h9-11,14-16,20-21,23,25,37H,3-8,12-13H2,1-2H3,(H,30,36)(H,34,38)(H2,29,31,32)/t20?,21?,23-,25+/m1/s1. The number of aromatic nitrogens is 4. The van der Waals surface area contributed by atoms with E-state index in [1.54, 1.807) is 29.1 Å². The first-order valence-electron chi connectivity index (χ1n) is 13.9. The van der Waals surface area contributed by atoms with Gasteiger partial charge in [-0.2, -0.15) is 0 Å². The lowest BCUT2D eigenvalue weighted by Gasteiger charge is -2.23. The summed E-state index contributed by atoms with van der Waals surface area (Å²) in [6.07, 6.45) is 6.54. The fourth-order valence-corrected chi connectivity index (χ4v) is 5.68. The summed E-state index contributed by atoms with van der Waals surface area (Å²) in [6.45, 7) is 0.325. The van der Waals surface area contributed by atoms with Crippen molar-refractivity contribution in [2.45, 2.75) is 69.4 Å². The summed E-state index contributed by atoms with van der Waals surface area (Å²) in [5, 5.41) is 17.2. The van der Waals surface area contributed by atoms with E-state index in [2.05, 4.69) is 25.6 Å². The second kappa shape index (κ2) is 12.7. The normalized spacial score (nSPS) is 22.9. The average Bonchev–Trinajstić information content (AvgIpc) is 3.53. The molecule has 2 fully saturated rings. The van der Waals surface area contributed by atoms with Gasteiger partial charge in [0.1, 0.15) is 35.6 Å². The Morgan fingerprint density at radius 3 is 2.51 bits per heavy atom. The molecule has 5 N–H and O–H groups in total. The molecule has 13 nitrogen and oxygen atoms in total. The molecule has 2 aliphatic rings. The largest absolute Gasteiger partial charge is 0.497 e. The van der Waals surface area contributed by atoms with Crippen LogP contribution in [0.4, 0.5) is 5.82 Å². The van der Waals surface area contributed by atoms with Crippen molar-refractivity contribution in [2.24, 2.45) is 5.92 Å². The van der Waals surface area contributed by atoms with Crippen molar-refractivity contribution in [1.29, 1.82) is 0 Å². The number of nitrogen functional groups attached to an aromatic ring is 1. The molecule has 0 spiro atoms. The number of ether oxygens (including phenoxy) is 3. The van der Waals surface area contributed by atoms with Crippen molar-refractivity contribution in [1.82, 2.24) is 30.2 Å². The van der Waals surface area contributed by atoms with Gasteiger partial charge in [0.05, 0.1) is 39.2 Å². The first-order valence-corrected chi connectivity index (χ1v) is 13.9. The zero-order valence-corrected chi connectivity index (χ0v) is 23.3. The minimum atomic E-state index is -1.10. The maximum atomic E-state index is 13.4. The molecule has 2 aromatic heterocycles. The van der Waals surface area contributed by atoms with E-state index in [-0.39, 0.29) is 24.8 Å². The Morgan fingerprint density at radius 2 is 1.80 bits per heavy atom. The number of aliphatic hydroxyl groups excluding tert-OH is 1. The molecule has 2 unspecified atom stereocenters. The summed E-state index contributed by atoms with van der Waals surface area (Å²) < 4.78 is 18.6. The highest BCUT2D eigenvalue weighted by atomic mass is 16.5. The Morgan fingerprint density at radius 1 is 1.07 bits per heavy atom. The van der Waals surface area contributed by atoms with Crippen LogP contribution in [0.25, 0.3) is 11.2 Å². The van der Waals surface area contributed by atoms with Gasteiger partial charge >= 0.3 is 0 Å². The van der Waals surface area contributed by atoms with Crippen LogP contribution in [-0.2, 0) is 16.1 Å². The topological polar surface area (TPSA) is 176 Å². The van der Waals surface area contributed by atoms with Crippen LogP contribution in [-0.4, -0.2) is 81.6 Å². The molecule has 5 rings (SSSR count). The van der Waals surface area contributed by atoms with E-state index in [9.17, 15) is 14.7 Å². The van der Waals surface area contributed by atoms with Gasteiger partial charge in [-0.3, -0.25) is 9.59 Å². The van der Waals surface area contributed by atoms with E-state index in [4.69, 9.17) is 19.9 Å². The summed E-state index contributed by atoms with van der Waals surface area (Å²) in [5.41, 5.74) is 7.19. The Hall–Kier alpha value is -3.97. The van der Waals surface area contributed by atoms with Crippen molar-refractivity contribution in [3.8, 4) is 11.5 Å². The van der Waals surface area contributed by atoms with E-state index in [1.165, 1.54) is 27.0 Å². The number of benzene rings is 1. The Labute approximate surface area is 237 Å². The Balaban J connectivity index is 1.33. The van der Waals surface area contributed by atoms with Crippen LogP contribution in [0, 0.1) is 5.92 Å². The fourth-order valence-electron chi connectivity index (χ4n) is 5.68. The number of carbonyl (C=O) groups excluding carboxylic acids is 2. The summed E-state index contributed by atoms with van der Waals surface area (Å²) in [6, 6.07) is 4.02. The number of rotatable bonds is 10. The number of nitrogens with zero attached hydrogens (tertiary/aromatic N) is 4. The molecule has 1 saturated carbocycles. The van der Waals surface area contributed by atoms with Gasteiger partial charge in [0.15, 0.2) is 11.5 Å². The molecule has 1 aliphatic carbocycles. The second-order valence-electron chi connectivity index (χ2n) is 10.6. The third-order valence-corrected chi connectivity index (χ3v) is 7.92. The van der Waals surface area contributed by atoms with Gasteiger partial charge in [-0.05, 0) is 30.9 Å². The minimum Gasteiger partial charge on any atom is -0.497 e. The van der Waals surface area contributed by atoms with Crippen LogP contribution in [0.3, 0.4) is 0 Å². The molecule has 41 heavy (non-hydrogen) atoms. The molecule has 2 amide bonds. The number of amides is 2. The van der Waals surface area contributed by atoms with Crippen LogP contribution < -0.4 is 25.8 Å². The van der Waals surface area contributed by atoms with Crippen molar-refractivity contribution in [3.05, 3.63) is 36.4 Å². The first-order chi connectivity index (χ1) is 19.9. The quantitative estimate of drug-likeness (QED) is 0.280. The molecule has 13 heteroatoms. The minimum absolute atomic E-state index is 0.0620. The lowest BCUT2D eigenvalue weighted by molar-refractivity contribution is -0.123. The lowest BCUT2D eigenvalue weighted by atomic mass is 9.87. The van der Waals surface area contributed by atoms with Gasteiger partial charge in [0.25, 0.3) is 5.91 Å². The zero-order chi connectivity index (χ0) is 28.9. The molecule has 3 heterocycles. The molecule has 1 aliphatic heterocycles. The number of aliphatic hydroxyl groups is 1. The van der Waals surface area contributed by atoms with Crippen molar-refractivity contribution >= 4 is 28.8 Å². The van der Waals surface area contributed by atoms with Crippen LogP contribution in [0.5, 0.6) is 11.5 Å². The number of nitrogens with two attached hydrogens (primary N) is 1. The number of hydrogen-bond donors (Lipinski definition) is 4. The molecule has 4 atom stereocenters. The van der Waals surface area contributed by atoms with Crippen molar-refractivity contribution in [3.63, 3.8) is 0 Å². The van der Waals surface area contributed by atoms with E-state index >= 15 is 0 Å². The van der Waals surface area contributed by atoms with Gasteiger partial charge in [-0.25, -0.2) is 15.0 Å². The van der Waals surface area contributed by atoms with Crippen LogP contribution in [0.1, 0.15) is 48.9 Å². The molecule has 220 valence electrons. The molecular weight excluding hydrogens is 530 g/mol. The lowest BCUT2D eigenvalue weighted by Crippen LogP contribution is -2.49. The number of fused-ring (bicyclic) bond motifs is 1. The third kappa shape index (κ3) is 6.51. The van der Waals surface area contributed by atoms with Crippen molar-refractivity contribution in [2.75, 3.05) is 26.5 Å². The van der Waals surface area contributed by atoms with Gasteiger partial charge in [-0.15, -0.1) is 0 Å². The fraction of sp³-hybridized carbons (Fsp3) is 0.536. The smallest absolute Gasteiger partial charge is 0.251 e. The van der Waals surface area contributed by atoms with Gasteiger partial charge in [0.2, 0.25) is 5.91 Å². The van der Waals surface area contributed by atoms with Crippen molar-refractivity contribution < 1.29 is 28.9 Å². The summed E-state index contributed by atoms with van der Waals surface area (Å²) in [7, 11) is 3.00. The highest BCUT2D eigenvalue weighted by Gasteiger charge is 2.45. The van der Waals surface area contributed by atoms with Gasteiger partial charge in [-0.1, -0.05) is 19.3 Å². The summed E-state index contributed by atoms with van der Waals surface area (Å²) in [5.74, 6) is 1.04. The summed E-state index contributed by atoms with van der Waals surface area (Å²) >= 11 is 0. The molecule has 0 bridgehead atoms.